The Bertz CT molecular complexity index is 1340. The van der Waals surface area contributed by atoms with E-state index in [1.165, 1.54) is 13.0 Å². The lowest BCUT2D eigenvalue weighted by Crippen LogP contribution is -2.48. The first-order valence-corrected chi connectivity index (χ1v) is 14.6. The SMILES string of the molecule is CCc1cccc(-c2c(F)cccc2C(O)(CCCNC(C)=O)[C@@H]2CCCN(C(=O)c3ccc(CNC)cc3)C2)c1. The molecule has 3 N–H and O–H groups in total. The molecule has 0 aromatic heterocycles. The van der Waals surface area contributed by atoms with E-state index in [4.69, 9.17) is 0 Å². The summed E-state index contributed by atoms with van der Waals surface area (Å²) in [6, 6.07) is 20.3. The largest absolute Gasteiger partial charge is 0.385 e. The second-order valence-corrected chi connectivity index (χ2v) is 11.0. The molecule has 6 nitrogen and oxygen atoms in total. The minimum atomic E-state index is -1.41. The molecule has 4 rings (SSSR count). The minimum absolute atomic E-state index is 0.0681. The van der Waals surface area contributed by atoms with Gasteiger partial charge in [-0.05, 0) is 79.6 Å². The van der Waals surface area contributed by atoms with Gasteiger partial charge in [-0.3, -0.25) is 9.59 Å². The number of amides is 2. The number of benzene rings is 3. The van der Waals surface area contributed by atoms with E-state index < -0.39 is 5.60 Å². The Kier molecular flexibility index (Phi) is 10.3. The molecule has 218 valence electrons. The van der Waals surface area contributed by atoms with Crippen LogP contribution in [0.5, 0.6) is 0 Å². The molecule has 0 radical (unpaired) electrons. The summed E-state index contributed by atoms with van der Waals surface area (Å²) in [4.78, 5) is 26.9. The number of likely N-dealkylation sites (tertiary alicyclic amines) is 1. The Balaban J connectivity index is 1.69. The number of nitrogens with zero attached hydrogens (tertiary/aromatic N) is 1. The number of aliphatic hydroxyl groups is 1. The standard InChI is InChI=1S/C34H42FN3O3/c1-4-25-9-5-10-28(21-25)32-30(12-6-13-31(32)35)34(41,18-8-19-37-24(2)39)29-11-7-20-38(23-29)33(40)27-16-14-26(15-17-27)22-36-3/h5-6,9-10,12-17,21,29,36,41H,4,7-8,11,18-20,22-23H2,1-3H3,(H,37,39)/t29-,34?/m1/s1. The lowest BCUT2D eigenvalue weighted by atomic mass is 9.72. The Morgan fingerprint density at radius 1 is 1.07 bits per heavy atom. The molecule has 2 atom stereocenters. The first-order chi connectivity index (χ1) is 19.8. The van der Waals surface area contributed by atoms with Crippen molar-refractivity contribution in [2.45, 2.75) is 58.1 Å². The molecule has 0 aliphatic carbocycles. The molecule has 7 heteroatoms. The van der Waals surface area contributed by atoms with Gasteiger partial charge in [-0.1, -0.05) is 55.5 Å². The zero-order chi connectivity index (χ0) is 29.4. The van der Waals surface area contributed by atoms with Crippen molar-refractivity contribution in [1.82, 2.24) is 15.5 Å². The Hall–Kier alpha value is -3.55. The van der Waals surface area contributed by atoms with Crippen LogP contribution in [-0.4, -0.2) is 48.5 Å². The zero-order valence-corrected chi connectivity index (χ0v) is 24.4. The van der Waals surface area contributed by atoms with E-state index in [2.05, 4.69) is 17.6 Å². The molecule has 2 amide bonds. The summed E-state index contributed by atoms with van der Waals surface area (Å²) in [7, 11) is 1.88. The van der Waals surface area contributed by atoms with Gasteiger partial charge in [0.1, 0.15) is 5.82 Å². The molecule has 1 aliphatic heterocycles. The molecule has 1 saturated heterocycles. The molecular formula is C34H42FN3O3. The lowest BCUT2D eigenvalue weighted by molar-refractivity contribution is -0.119. The van der Waals surface area contributed by atoms with Crippen LogP contribution in [0.3, 0.4) is 0 Å². The van der Waals surface area contributed by atoms with Gasteiger partial charge in [0.15, 0.2) is 0 Å². The van der Waals surface area contributed by atoms with E-state index in [1.807, 2.05) is 66.5 Å². The highest BCUT2D eigenvalue weighted by atomic mass is 19.1. The van der Waals surface area contributed by atoms with Crippen LogP contribution >= 0.6 is 0 Å². The molecule has 41 heavy (non-hydrogen) atoms. The Morgan fingerprint density at radius 3 is 2.54 bits per heavy atom. The second-order valence-electron chi connectivity index (χ2n) is 11.0. The number of halogens is 1. The van der Waals surface area contributed by atoms with Crippen LogP contribution in [0.25, 0.3) is 11.1 Å². The molecule has 3 aromatic carbocycles. The second kappa shape index (κ2) is 13.9. The van der Waals surface area contributed by atoms with Gasteiger partial charge in [-0.25, -0.2) is 4.39 Å². The number of hydrogen-bond acceptors (Lipinski definition) is 4. The summed E-state index contributed by atoms with van der Waals surface area (Å²) in [5, 5.41) is 18.5. The van der Waals surface area contributed by atoms with E-state index >= 15 is 4.39 Å². The predicted octanol–water partition coefficient (Wildman–Crippen LogP) is 5.43. The lowest BCUT2D eigenvalue weighted by Gasteiger charge is -2.43. The van der Waals surface area contributed by atoms with Crippen molar-refractivity contribution < 1.29 is 19.1 Å². The van der Waals surface area contributed by atoms with Gasteiger partial charge in [0.2, 0.25) is 5.91 Å². The first-order valence-electron chi connectivity index (χ1n) is 14.6. The average Bonchev–Trinajstić information content (AvgIpc) is 2.99. The number of aryl methyl sites for hydroxylation is 1. The number of rotatable bonds is 11. The monoisotopic (exact) mass is 559 g/mol. The third kappa shape index (κ3) is 7.21. The molecule has 0 saturated carbocycles. The molecular weight excluding hydrogens is 517 g/mol. The molecule has 3 aromatic rings. The summed E-state index contributed by atoms with van der Waals surface area (Å²) < 4.78 is 15.6. The highest BCUT2D eigenvalue weighted by Gasteiger charge is 2.43. The summed E-state index contributed by atoms with van der Waals surface area (Å²) in [6.45, 7) is 5.61. The number of hydrogen-bond donors (Lipinski definition) is 3. The van der Waals surface area contributed by atoms with Gasteiger partial charge < -0.3 is 20.6 Å². The quantitative estimate of drug-likeness (QED) is 0.274. The zero-order valence-electron chi connectivity index (χ0n) is 24.4. The predicted molar refractivity (Wildman–Crippen MR) is 161 cm³/mol. The topological polar surface area (TPSA) is 81.7 Å². The van der Waals surface area contributed by atoms with Crippen LogP contribution in [0.1, 0.15) is 66.6 Å². The Morgan fingerprint density at radius 2 is 1.83 bits per heavy atom. The number of piperidine rings is 1. The van der Waals surface area contributed by atoms with Gasteiger partial charge in [-0.15, -0.1) is 0 Å². The summed E-state index contributed by atoms with van der Waals surface area (Å²) in [5.41, 5.74) is 3.04. The van der Waals surface area contributed by atoms with Crippen molar-refractivity contribution in [3.63, 3.8) is 0 Å². The summed E-state index contributed by atoms with van der Waals surface area (Å²) >= 11 is 0. The van der Waals surface area contributed by atoms with Crippen molar-refractivity contribution in [3.05, 3.63) is 94.8 Å². The van der Waals surface area contributed by atoms with Crippen LogP contribution in [-0.2, 0) is 23.4 Å². The minimum Gasteiger partial charge on any atom is -0.385 e. The highest BCUT2D eigenvalue weighted by Crippen LogP contribution is 2.44. The van der Waals surface area contributed by atoms with E-state index in [1.54, 1.807) is 6.07 Å². The van der Waals surface area contributed by atoms with Crippen LogP contribution in [0.2, 0.25) is 0 Å². The van der Waals surface area contributed by atoms with Gasteiger partial charge >= 0.3 is 0 Å². The maximum Gasteiger partial charge on any atom is 0.253 e. The Labute approximate surface area is 243 Å². The van der Waals surface area contributed by atoms with E-state index in [0.29, 0.717) is 55.6 Å². The molecule has 0 spiro atoms. The molecule has 1 fully saturated rings. The van der Waals surface area contributed by atoms with Crippen LogP contribution < -0.4 is 10.6 Å². The van der Waals surface area contributed by atoms with E-state index in [9.17, 15) is 14.7 Å². The van der Waals surface area contributed by atoms with Crippen LogP contribution in [0.4, 0.5) is 4.39 Å². The van der Waals surface area contributed by atoms with Crippen LogP contribution in [0, 0.1) is 11.7 Å². The van der Waals surface area contributed by atoms with Crippen molar-refractivity contribution in [2.24, 2.45) is 5.92 Å². The highest BCUT2D eigenvalue weighted by molar-refractivity contribution is 5.94. The van der Waals surface area contributed by atoms with Crippen molar-refractivity contribution in [2.75, 3.05) is 26.7 Å². The smallest absolute Gasteiger partial charge is 0.253 e. The first kappa shape index (κ1) is 30.4. The van der Waals surface area contributed by atoms with Gasteiger partial charge in [0.25, 0.3) is 5.91 Å². The third-order valence-corrected chi connectivity index (χ3v) is 8.18. The number of carbonyl (C=O) groups excluding carboxylic acids is 2. The molecule has 1 aliphatic rings. The van der Waals surface area contributed by atoms with Gasteiger partial charge in [0, 0.05) is 50.1 Å². The van der Waals surface area contributed by atoms with Crippen molar-refractivity contribution >= 4 is 11.8 Å². The van der Waals surface area contributed by atoms with Gasteiger partial charge in [-0.2, -0.15) is 0 Å². The summed E-state index contributed by atoms with van der Waals surface area (Å²) in [5.74, 6) is -0.898. The molecule has 1 unspecified atom stereocenters. The van der Waals surface area contributed by atoms with Gasteiger partial charge in [0.05, 0.1) is 5.60 Å². The molecule has 1 heterocycles. The average molecular weight is 560 g/mol. The summed E-state index contributed by atoms with van der Waals surface area (Å²) in [6.07, 6.45) is 3.08. The third-order valence-electron chi connectivity index (χ3n) is 8.18. The number of carbonyl (C=O) groups is 2. The van der Waals surface area contributed by atoms with Crippen LogP contribution in [0.15, 0.2) is 66.7 Å². The number of nitrogens with one attached hydrogen (secondary N) is 2. The van der Waals surface area contributed by atoms with E-state index in [0.717, 1.165) is 36.1 Å². The fourth-order valence-electron chi connectivity index (χ4n) is 6.01. The van der Waals surface area contributed by atoms with Crippen molar-refractivity contribution in [1.29, 1.82) is 0 Å². The normalized spacial score (nSPS) is 16.7. The maximum absolute atomic E-state index is 15.6. The fourth-order valence-corrected chi connectivity index (χ4v) is 6.01. The van der Waals surface area contributed by atoms with E-state index in [-0.39, 0.29) is 23.5 Å². The fraction of sp³-hybridized carbons (Fsp3) is 0.412. The van der Waals surface area contributed by atoms with Crippen molar-refractivity contribution in [3.8, 4) is 11.1 Å². The molecule has 0 bridgehead atoms. The maximum atomic E-state index is 15.6.